The molecular weight excluding hydrogens is 903 g/mol. The molecule has 2 aliphatic carbocycles. The Morgan fingerprint density at radius 1 is 0.213 bits per heavy atom. The first-order chi connectivity index (χ1) is 37.2. The first kappa shape index (κ1) is 44.2. The van der Waals surface area contributed by atoms with E-state index in [0.717, 1.165) is 33.8 Å². The Morgan fingerprint density at radius 2 is 0.600 bits per heavy atom. The van der Waals surface area contributed by atoms with E-state index in [2.05, 4.69) is 314 Å². The Balaban J connectivity index is 0.979. The normalized spacial score (nSPS) is 13.3. The number of hydrogen-bond acceptors (Lipinski definition) is 1. The highest BCUT2D eigenvalue weighted by atomic mass is 15.1. The lowest BCUT2D eigenvalue weighted by Gasteiger charge is -2.34. The number of fused-ring (bicyclic) bond motifs is 6. The second-order valence-corrected chi connectivity index (χ2v) is 19.9. The molecule has 14 rings (SSSR count). The van der Waals surface area contributed by atoms with Crippen LogP contribution in [-0.4, -0.2) is 0 Å². The molecule has 12 aromatic carbocycles. The Labute approximate surface area is 440 Å². The smallest absolute Gasteiger partial charge is 0.0714 e. The highest BCUT2D eigenvalue weighted by Crippen LogP contribution is 2.61. The van der Waals surface area contributed by atoms with Gasteiger partial charge in [0.1, 0.15) is 0 Å². The van der Waals surface area contributed by atoms with E-state index in [4.69, 9.17) is 0 Å². The molecule has 1 heteroatoms. The van der Waals surface area contributed by atoms with Gasteiger partial charge >= 0.3 is 0 Å². The minimum Gasteiger partial charge on any atom is -0.309 e. The highest BCUT2D eigenvalue weighted by Gasteiger charge is 2.48. The van der Waals surface area contributed by atoms with Crippen molar-refractivity contribution in [1.82, 2.24) is 0 Å². The molecule has 0 amide bonds. The molecule has 0 aromatic heterocycles. The molecule has 0 unspecified atom stereocenters. The predicted octanol–water partition coefficient (Wildman–Crippen LogP) is 18.9. The van der Waals surface area contributed by atoms with Gasteiger partial charge in [0.2, 0.25) is 0 Å². The van der Waals surface area contributed by atoms with Crippen LogP contribution in [0.15, 0.2) is 309 Å². The molecule has 0 saturated heterocycles. The van der Waals surface area contributed by atoms with Crippen LogP contribution in [0.25, 0.3) is 55.6 Å². The minimum absolute atomic E-state index is 0.485. The maximum atomic E-state index is 2.52. The number of rotatable bonds is 10. The SMILES string of the molecule is c1ccc(-c2cccc(-c3ccccc3N(c3ccc(-c4ccc5c(c4)C(c4ccccc4)(c4ccccc4)c4ccccc4-5)cc3)c3cccc4c3-c3ccccc3C4(c3ccccc3)c3ccccc3)c2)cc1. The molecule has 0 N–H and O–H groups in total. The molecule has 0 aliphatic heterocycles. The van der Waals surface area contributed by atoms with Gasteiger partial charge in [-0.1, -0.05) is 273 Å². The largest absolute Gasteiger partial charge is 0.309 e. The molecule has 352 valence electrons. The number of benzene rings is 12. The van der Waals surface area contributed by atoms with Crippen molar-refractivity contribution in [1.29, 1.82) is 0 Å². The Hall–Kier alpha value is -9.56. The van der Waals surface area contributed by atoms with Crippen LogP contribution in [0.3, 0.4) is 0 Å². The van der Waals surface area contributed by atoms with Crippen LogP contribution < -0.4 is 4.90 Å². The maximum Gasteiger partial charge on any atom is 0.0714 e. The summed E-state index contributed by atoms with van der Waals surface area (Å²) in [5, 5.41) is 0. The summed E-state index contributed by atoms with van der Waals surface area (Å²) < 4.78 is 0. The van der Waals surface area contributed by atoms with E-state index >= 15 is 0 Å². The zero-order valence-electron chi connectivity index (χ0n) is 41.4. The van der Waals surface area contributed by atoms with Crippen molar-refractivity contribution < 1.29 is 0 Å². The lowest BCUT2D eigenvalue weighted by atomic mass is 9.67. The van der Waals surface area contributed by atoms with Crippen molar-refractivity contribution in [2.75, 3.05) is 4.90 Å². The zero-order chi connectivity index (χ0) is 49.8. The van der Waals surface area contributed by atoms with Crippen molar-refractivity contribution in [3.05, 3.63) is 354 Å². The van der Waals surface area contributed by atoms with Crippen LogP contribution in [0.4, 0.5) is 17.1 Å². The zero-order valence-corrected chi connectivity index (χ0v) is 41.4. The molecule has 0 heterocycles. The van der Waals surface area contributed by atoms with E-state index in [0.29, 0.717) is 0 Å². The van der Waals surface area contributed by atoms with Gasteiger partial charge in [-0.25, -0.2) is 0 Å². The lowest BCUT2D eigenvalue weighted by Crippen LogP contribution is -2.28. The molecule has 0 radical (unpaired) electrons. The fourth-order valence-electron chi connectivity index (χ4n) is 12.9. The average molecular weight is 954 g/mol. The van der Waals surface area contributed by atoms with Crippen LogP contribution in [0, 0.1) is 0 Å². The number of hydrogen-bond donors (Lipinski definition) is 0. The van der Waals surface area contributed by atoms with Crippen molar-refractivity contribution in [2.45, 2.75) is 10.8 Å². The van der Waals surface area contributed by atoms with Gasteiger partial charge in [-0.15, -0.1) is 0 Å². The minimum atomic E-state index is -0.550. The van der Waals surface area contributed by atoms with E-state index in [-0.39, 0.29) is 0 Å². The Bertz CT molecular complexity index is 3950. The number of para-hydroxylation sites is 1. The average Bonchev–Trinajstić information content (AvgIpc) is 3.98. The monoisotopic (exact) mass is 953 g/mol. The van der Waals surface area contributed by atoms with Gasteiger partial charge < -0.3 is 4.90 Å². The summed E-state index contributed by atoms with van der Waals surface area (Å²) in [6.45, 7) is 0. The first-order valence-corrected chi connectivity index (χ1v) is 26.1. The summed E-state index contributed by atoms with van der Waals surface area (Å²) in [6, 6.07) is 114. The molecule has 1 nitrogen and oxygen atoms in total. The van der Waals surface area contributed by atoms with Gasteiger partial charge in [0.25, 0.3) is 0 Å². The van der Waals surface area contributed by atoms with Crippen LogP contribution >= 0.6 is 0 Å². The van der Waals surface area contributed by atoms with Crippen LogP contribution in [-0.2, 0) is 10.8 Å². The van der Waals surface area contributed by atoms with Gasteiger partial charge in [0, 0.05) is 16.8 Å². The van der Waals surface area contributed by atoms with Crippen LogP contribution in [0.1, 0.15) is 44.5 Å². The van der Waals surface area contributed by atoms with E-state index in [1.165, 1.54) is 83.5 Å². The van der Waals surface area contributed by atoms with Gasteiger partial charge in [-0.05, 0) is 125 Å². The predicted molar refractivity (Wildman–Crippen MR) is 312 cm³/mol. The topological polar surface area (TPSA) is 3.24 Å². The fourth-order valence-corrected chi connectivity index (χ4v) is 12.9. The van der Waals surface area contributed by atoms with E-state index in [1.54, 1.807) is 0 Å². The fraction of sp³-hybridized carbons (Fsp3) is 0.0270. The summed E-state index contributed by atoms with van der Waals surface area (Å²) >= 11 is 0. The summed E-state index contributed by atoms with van der Waals surface area (Å²) in [5.41, 5.74) is 24.5. The van der Waals surface area contributed by atoms with E-state index in [9.17, 15) is 0 Å². The molecular formula is C74H51N. The molecule has 0 saturated carbocycles. The van der Waals surface area contributed by atoms with E-state index < -0.39 is 10.8 Å². The van der Waals surface area contributed by atoms with E-state index in [1.807, 2.05) is 0 Å². The van der Waals surface area contributed by atoms with Crippen molar-refractivity contribution >= 4 is 17.1 Å². The van der Waals surface area contributed by atoms with Crippen molar-refractivity contribution in [3.8, 4) is 55.6 Å². The Kier molecular flexibility index (Phi) is 10.7. The first-order valence-electron chi connectivity index (χ1n) is 26.1. The molecule has 2 aliphatic rings. The maximum absolute atomic E-state index is 2.52. The van der Waals surface area contributed by atoms with Crippen molar-refractivity contribution in [3.63, 3.8) is 0 Å². The molecule has 0 fully saturated rings. The van der Waals surface area contributed by atoms with Gasteiger partial charge in [0.05, 0.1) is 22.2 Å². The van der Waals surface area contributed by atoms with Gasteiger partial charge in [-0.2, -0.15) is 0 Å². The molecule has 12 aromatic rings. The van der Waals surface area contributed by atoms with Crippen LogP contribution in [0.5, 0.6) is 0 Å². The third kappa shape index (κ3) is 6.93. The second-order valence-electron chi connectivity index (χ2n) is 19.9. The van der Waals surface area contributed by atoms with Crippen LogP contribution in [0.2, 0.25) is 0 Å². The summed E-state index contributed by atoms with van der Waals surface area (Å²) in [5.74, 6) is 0. The molecule has 75 heavy (non-hydrogen) atoms. The van der Waals surface area contributed by atoms with Gasteiger partial charge in [0.15, 0.2) is 0 Å². The second kappa shape index (κ2) is 18.2. The Morgan fingerprint density at radius 3 is 1.21 bits per heavy atom. The third-order valence-corrected chi connectivity index (χ3v) is 16.0. The van der Waals surface area contributed by atoms with Gasteiger partial charge in [-0.3, -0.25) is 0 Å². The van der Waals surface area contributed by atoms with Crippen molar-refractivity contribution in [2.24, 2.45) is 0 Å². The number of anilines is 3. The lowest BCUT2D eigenvalue weighted by molar-refractivity contribution is 0.768. The standard InChI is InChI=1S/C74H51N/c1-6-24-52(25-7-1)54-26-22-27-56(50-54)62-36-18-21-42-70(62)75(71-43-23-41-68-72(71)65-38-17-20-40-67(65)73(68,57-28-8-2-9-29-57)58-30-10-3-11-31-58)61-47-44-53(45-48-61)55-46-49-64-63-37-16-19-39-66(63)74(69(64)51-55,59-32-12-4-13-33-59)60-34-14-5-15-35-60/h1-51H. The highest BCUT2D eigenvalue weighted by molar-refractivity contribution is 6.00. The third-order valence-electron chi connectivity index (χ3n) is 16.0. The summed E-state index contributed by atoms with van der Waals surface area (Å²) in [6.07, 6.45) is 0. The molecule has 0 spiro atoms. The molecule has 0 atom stereocenters. The molecule has 0 bridgehead atoms. The summed E-state index contributed by atoms with van der Waals surface area (Å²) in [4.78, 5) is 2.52. The summed E-state index contributed by atoms with van der Waals surface area (Å²) in [7, 11) is 0. The quantitative estimate of drug-likeness (QED) is 0.132. The number of nitrogens with zero attached hydrogens (tertiary/aromatic N) is 1.